The Balaban J connectivity index is 1.57. The van der Waals surface area contributed by atoms with Crippen molar-refractivity contribution in [2.24, 2.45) is 0 Å². The average Bonchev–Trinajstić information content (AvgIpc) is 3.10. The normalized spacial score (nSPS) is 15.2. The van der Waals surface area contributed by atoms with Crippen LogP contribution in [0.15, 0.2) is 42.5 Å². The van der Waals surface area contributed by atoms with Crippen molar-refractivity contribution < 1.29 is 14.4 Å². The number of carbonyl (C=O) groups excluding carboxylic acids is 1. The smallest absolute Gasteiger partial charge is 0.282 e. The molecule has 2 atom stereocenters. The zero-order valence-electron chi connectivity index (χ0n) is 16.0. The van der Waals surface area contributed by atoms with Crippen LogP contribution in [0.2, 0.25) is 0 Å². The highest BCUT2D eigenvalue weighted by atomic mass is 16.5. The van der Waals surface area contributed by atoms with Crippen molar-refractivity contribution in [3.05, 3.63) is 59.2 Å². The van der Waals surface area contributed by atoms with Crippen molar-refractivity contribution in [3.63, 3.8) is 0 Å². The summed E-state index contributed by atoms with van der Waals surface area (Å²) in [5.41, 5.74) is 4.92. The number of quaternary nitrogens is 1. The van der Waals surface area contributed by atoms with Crippen LogP contribution in [0.4, 0.5) is 5.69 Å². The highest BCUT2D eigenvalue weighted by molar-refractivity contribution is 5.93. The first-order valence-electron chi connectivity index (χ1n) is 9.53. The van der Waals surface area contributed by atoms with E-state index in [0.717, 1.165) is 35.7 Å². The number of amides is 1. The Bertz CT molecular complexity index is 755. The molecule has 0 spiro atoms. The van der Waals surface area contributed by atoms with E-state index < -0.39 is 0 Å². The van der Waals surface area contributed by atoms with Gasteiger partial charge in [0.1, 0.15) is 12.3 Å². The molecule has 0 saturated heterocycles. The van der Waals surface area contributed by atoms with E-state index in [1.54, 1.807) is 0 Å². The summed E-state index contributed by atoms with van der Waals surface area (Å²) in [7, 11) is 2.06. The molecule has 2 aromatic carbocycles. The first-order chi connectivity index (χ1) is 12.6. The third kappa shape index (κ3) is 4.44. The van der Waals surface area contributed by atoms with Crippen LogP contribution in [-0.4, -0.2) is 25.6 Å². The molecule has 4 nitrogen and oxygen atoms in total. The lowest BCUT2D eigenvalue weighted by Crippen LogP contribution is -3.12. The first-order valence-corrected chi connectivity index (χ1v) is 9.53. The van der Waals surface area contributed by atoms with E-state index in [1.165, 1.54) is 23.1 Å². The van der Waals surface area contributed by atoms with E-state index in [0.29, 0.717) is 6.61 Å². The van der Waals surface area contributed by atoms with Gasteiger partial charge in [0.2, 0.25) is 0 Å². The lowest BCUT2D eigenvalue weighted by Gasteiger charge is -2.21. The first kappa shape index (κ1) is 18.5. The highest BCUT2D eigenvalue weighted by Crippen LogP contribution is 2.24. The van der Waals surface area contributed by atoms with Crippen LogP contribution < -0.4 is 15.0 Å². The molecule has 138 valence electrons. The number of fused-ring (bicyclic) bond motifs is 1. The number of anilines is 1. The van der Waals surface area contributed by atoms with E-state index >= 15 is 0 Å². The van der Waals surface area contributed by atoms with Crippen molar-refractivity contribution >= 4 is 11.6 Å². The predicted molar refractivity (Wildman–Crippen MR) is 105 cm³/mol. The number of nitrogens with one attached hydrogen (secondary N) is 2. The van der Waals surface area contributed by atoms with Crippen molar-refractivity contribution in [3.8, 4) is 5.75 Å². The summed E-state index contributed by atoms with van der Waals surface area (Å²) in [5, 5.41) is 3.08. The van der Waals surface area contributed by atoms with Gasteiger partial charge in [-0.15, -0.1) is 0 Å². The number of carbonyl (C=O) groups is 1. The van der Waals surface area contributed by atoms with Crippen LogP contribution in [0, 0.1) is 0 Å². The standard InChI is InChI=1S/C22H28N2O2/c1-4-26-21-12-8-17(9-13-21)15-24(3)16(2)22(25)23-20-11-10-18-6-5-7-19(18)14-20/h8-14,16H,4-7,15H2,1-3H3,(H,23,25)/p+1/t16-/m0/s1. The topological polar surface area (TPSA) is 42.8 Å². The Morgan fingerprint density at radius 3 is 2.62 bits per heavy atom. The number of hydrogen-bond acceptors (Lipinski definition) is 2. The number of hydrogen-bond donors (Lipinski definition) is 2. The molecule has 0 aromatic heterocycles. The van der Waals surface area contributed by atoms with Gasteiger partial charge in [-0.05, 0) is 80.6 Å². The second kappa shape index (κ2) is 8.37. The van der Waals surface area contributed by atoms with Crippen molar-refractivity contribution in [1.29, 1.82) is 0 Å². The molecule has 0 saturated carbocycles. The molecule has 1 unspecified atom stereocenters. The molecule has 26 heavy (non-hydrogen) atoms. The summed E-state index contributed by atoms with van der Waals surface area (Å²) in [4.78, 5) is 13.8. The molecular formula is C22H29N2O2+. The van der Waals surface area contributed by atoms with Crippen LogP contribution in [0.25, 0.3) is 0 Å². The minimum atomic E-state index is -0.130. The molecule has 0 heterocycles. The zero-order chi connectivity index (χ0) is 18.5. The van der Waals surface area contributed by atoms with E-state index in [-0.39, 0.29) is 11.9 Å². The molecular weight excluding hydrogens is 324 g/mol. The van der Waals surface area contributed by atoms with E-state index in [4.69, 9.17) is 4.74 Å². The highest BCUT2D eigenvalue weighted by Gasteiger charge is 2.22. The Hall–Kier alpha value is -2.33. The molecule has 4 heteroatoms. The fourth-order valence-corrected chi connectivity index (χ4v) is 3.47. The molecule has 1 aliphatic carbocycles. The largest absolute Gasteiger partial charge is 0.494 e. The summed E-state index contributed by atoms with van der Waals surface area (Å²) in [5.74, 6) is 0.947. The van der Waals surface area contributed by atoms with Gasteiger partial charge in [0.05, 0.1) is 13.7 Å². The minimum absolute atomic E-state index is 0.0615. The Labute approximate surface area is 156 Å². The van der Waals surface area contributed by atoms with Crippen LogP contribution in [0.1, 0.15) is 37.0 Å². The number of rotatable bonds is 7. The maximum absolute atomic E-state index is 12.6. The SMILES string of the molecule is CCOc1ccc(C[NH+](C)[C@@H](C)C(=O)Nc2ccc3c(c2)CCC3)cc1. The fourth-order valence-electron chi connectivity index (χ4n) is 3.47. The maximum Gasteiger partial charge on any atom is 0.282 e. The van der Waals surface area contributed by atoms with Gasteiger partial charge >= 0.3 is 0 Å². The Morgan fingerprint density at radius 1 is 1.15 bits per heavy atom. The summed E-state index contributed by atoms with van der Waals surface area (Å²) in [6, 6.07) is 14.3. The fraction of sp³-hybridized carbons (Fsp3) is 0.409. The second-order valence-electron chi connectivity index (χ2n) is 7.15. The quantitative estimate of drug-likeness (QED) is 0.804. The summed E-state index contributed by atoms with van der Waals surface area (Å²) in [6.45, 7) is 5.43. The Kier molecular flexibility index (Phi) is 5.94. The lowest BCUT2D eigenvalue weighted by atomic mass is 10.1. The van der Waals surface area contributed by atoms with Gasteiger partial charge in [0.15, 0.2) is 6.04 Å². The van der Waals surface area contributed by atoms with Gasteiger partial charge in [-0.1, -0.05) is 6.07 Å². The minimum Gasteiger partial charge on any atom is -0.494 e. The van der Waals surface area contributed by atoms with Crippen LogP contribution >= 0.6 is 0 Å². The van der Waals surface area contributed by atoms with E-state index in [2.05, 4.69) is 36.6 Å². The van der Waals surface area contributed by atoms with E-state index in [9.17, 15) is 4.79 Å². The molecule has 2 N–H and O–H groups in total. The predicted octanol–water partition coefficient (Wildman–Crippen LogP) is 2.62. The van der Waals surface area contributed by atoms with Crippen molar-refractivity contribution in [2.45, 2.75) is 45.7 Å². The molecule has 2 aromatic rings. The van der Waals surface area contributed by atoms with Crippen LogP contribution in [0.3, 0.4) is 0 Å². The van der Waals surface area contributed by atoms with Gasteiger partial charge in [-0.25, -0.2) is 0 Å². The summed E-state index contributed by atoms with van der Waals surface area (Å²) >= 11 is 0. The average molecular weight is 353 g/mol. The molecule has 0 fully saturated rings. The molecule has 0 bridgehead atoms. The van der Waals surface area contributed by atoms with Gasteiger partial charge in [0, 0.05) is 11.3 Å². The van der Waals surface area contributed by atoms with Gasteiger partial charge in [-0.3, -0.25) is 4.79 Å². The molecule has 3 rings (SSSR count). The zero-order valence-corrected chi connectivity index (χ0v) is 16.0. The summed E-state index contributed by atoms with van der Waals surface area (Å²) < 4.78 is 5.48. The van der Waals surface area contributed by atoms with Gasteiger partial charge < -0.3 is 15.0 Å². The van der Waals surface area contributed by atoms with E-state index in [1.807, 2.05) is 32.0 Å². The summed E-state index contributed by atoms with van der Waals surface area (Å²) in [6.07, 6.45) is 3.50. The number of benzene rings is 2. The molecule has 1 aliphatic rings. The van der Waals surface area contributed by atoms with Crippen molar-refractivity contribution in [1.82, 2.24) is 0 Å². The second-order valence-corrected chi connectivity index (χ2v) is 7.15. The van der Waals surface area contributed by atoms with Gasteiger partial charge in [0.25, 0.3) is 5.91 Å². The molecule has 0 radical (unpaired) electrons. The van der Waals surface area contributed by atoms with Crippen LogP contribution in [-0.2, 0) is 24.2 Å². The third-order valence-corrected chi connectivity index (χ3v) is 5.22. The maximum atomic E-state index is 12.6. The van der Waals surface area contributed by atoms with Gasteiger partial charge in [-0.2, -0.15) is 0 Å². The molecule has 0 aliphatic heterocycles. The van der Waals surface area contributed by atoms with Crippen molar-refractivity contribution in [2.75, 3.05) is 19.0 Å². The molecule has 1 amide bonds. The number of aryl methyl sites for hydroxylation is 2. The number of likely N-dealkylation sites (N-methyl/N-ethyl adjacent to an activating group) is 1. The van der Waals surface area contributed by atoms with Crippen LogP contribution in [0.5, 0.6) is 5.75 Å². The third-order valence-electron chi connectivity index (χ3n) is 5.22. The number of ether oxygens (including phenoxy) is 1. The monoisotopic (exact) mass is 353 g/mol. The lowest BCUT2D eigenvalue weighted by molar-refractivity contribution is -0.907. The Morgan fingerprint density at radius 2 is 1.88 bits per heavy atom.